The number of carbonyl (C=O) groups is 1. The molecule has 0 fully saturated rings. The predicted octanol–water partition coefficient (Wildman–Crippen LogP) is 3.90. The number of nitrogens with zero attached hydrogens (tertiary/aromatic N) is 3. The Bertz CT molecular complexity index is 1020. The monoisotopic (exact) mass is 364 g/mol. The smallest absolute Gasteiger partial charge is 0.247 e. The van der Waals surface area contributed by atoms with E-state index >= 15 is 0 Å². The first-order chi connectivity index (χ1) is 12.6. The Hall–Kier alpha value is -2.73. The molecule has 2 aromatic carbocycles. The number of H-pyrrole nitrogens is 1. The van der Waals surface area contributed by atoms with Crippen LogP contribution in [-0.4, -0.2) is 27.2 Å². The Morgan fingerprint density at radius 1 is 1.23 bits per heavy atom. The van der Waals surface area contributed by atoms with Gasteiger partial charge in [-0.15, -0.1) is 0 Å². The third-order valence-electron chi connectivity index (χ3n) is 4.74. The van der Waals surface area contributed by atoms with Gasteiger partial charge in [-0.3, -0.25) is 14.5 Å². The second kappa shape index (κ2) is 6.88. The summed E-state index contributed by atoms with van der Waals surface area (Å²) in [4.78, 5) is 14.9. The van der Waals surface area contributed by atoms with Gasteiger partial charge in [0.25, 0.3) is 0 Å². The highest BCUT2D eigenvalue weighted by Crippen LogP contribution is 2.27. The normalized spacial score (nSPS) is 13.5. The second-order valence-electron chi connectivity index (χ2n) is 6.59. The zero-order valence-electron chi connectivity index (χ0n) is 14.6. The van der Waals surface area contributed by atoms with Crippen molar-refractivity contribution in [2.24, 2.45) is 0 Å². The van der Waals surface area contributed by atoms with Crippen molar-refractivity contribution in [3.8, 4) is 11.4 Å². The molecule has 1 aliphatic rings. The molecule has 0 unspecified atom stereocenters. The fourth-order valence-corrected chi connectivity index (χ4v) is 3.68. The van der Waals surface area contributed by atoms with Crippen LogP contribution >= 0.6 is 12.2 Å². The number of carbonyl (C=O) groups excluding carboxylic acids is 1. The first kappa shape index (κ1) is 16.7. The number of fused-ring (bicyclic) bond motifs is 1. The molecule has 4 rings (SSSR count). The molecule has 0 saturated carbocycles. The van der Waals surface area contributed by atoms with E-state index in [-0.39, 0.29) is 12.5 Å². The summed E-state index contributed by atoms with van der Waals surface area (Å²) in [5.41, 5.74) is 4.32. The summed E-state index contributed by atoms with van der Waals surface area (Å²) in [6, 6.07) is 16.2. The van der Waals surface area contributed by atoms with Crippen molar-refractivity contribution in [1.29, 1.82) is 0 Å². The van der Waals surface area contributed by atoms with Crippen molar-refractivity contribution >= 4 is 23.8 Å². The van der Waals surface area contributed by atoms with Crippen molar-refractivity contribution in [2.45, 2.75) is 26.3 Å². The van der Waals surface area contributed by atoms with Crippen LogP contribution in [0.3, 0.4) is 0 Å². The van der Waals surface area contributed by atoms with Crippen molar-refractivity contribution in [1.82, 2.24) is 14.8 Å². The maximum Gasteiger partial charge on any atom is 0.247 e. The van der Waals surface area contributed by atoms with E-state index in [4.69, 9.17) is 12.2 Å². The maximum absolute atomic E-state index is 13.0. The standard InChI is InChI=1S/C20H20N4OS/c1-14-6-4-8-16(12-14)19-21-22-20(26)24(19)13-18(25)23-11-5-9-15-7-2-3-10-17(15)23/h2-4,6-8,10,12H,5,9,11,13H2,1H3,(H,22,26). The van der Waals surface area contributed by atoms with Crippen LogP contribution in [0.25, 0.3) is 11.4 Å². The lowest BCUT2D eigenvalue weighted by molar-refractivity contribution is -0.119. The molecule has 0 aliphatic carbocycles. The van der Waals surface area contributed by atoms with Crippen molar-refractivity contribution in [2.75, 3.05) is 11.4 Å². The fourth-order valence-electron chi connectivity index (χ4n) is 3.48. The number of para-hydroxylation sites is 1. The number of aromatic amines is 1. The minimum Gasteiger partial charge on any atom is -0.311 e. The minimum atomic E-state index is 0.0311. The van der Waals surface area contributed by atoms with Crippen molar-refractivity contribution in [3.05, 3.63) is 64.4 Å². The summed E-state index contributed by atoms with van der Waals surface area (Å²) in [7, 11) is 0. The molecule has 26 heavy (non-hydrogen) atoms. The van der Waals surface area contributed by atoms with Crippen LogP contribution in [0.1, 0.15) is 17.5 Å². The number of anilines is 1. The van der Waals surface area contributed by atoms with E-state index in [2.05, 4.69) is 16.3 Å². The molecule has 5 nitrogen and oxygen atoms in total. The Labute approximate surface area is 157 Å². The van der Waals surface area contributed by atoms with Crippen LogP contribution in [0.15, 0.2) is 48.5 Å². The number of nitrogens with one attached hydrogen (secondary N) is 1. The molecule has 3 aromatic rings. The SMILES string of the molecule is Cc1cccc(-c2n[nH]c(=S)n2CC(=O)N2CCCc3ccccc32)c1. The molecule has 1 aromatic heterocycles. The van der Waals surface area contributed by atoms with Crippen molar-refractivity contribution < 1.29 is 4.79 Å². The van der Waals surface area contributed by atoms with Crippen LogP contribution in [-0.2, 0) is 17.8 Å². The van der Waals surface area contributed by atoms with E-state index in [1.54, 1.807) is 4.57 Å². The Kier molecular flexibility index (Phi) is 4.42. The van der Waals surface area contributed by atoms with Crippen LogP contribution in [0, 0.1) is 11.7 Å². The lowest BCUT2D eigenvalue weighted by atomic mass is 10.0. The molecule has 1 aliphatic heterocycles. The van der Waals surface area contributed by atoms with E-state index in [1.165, 1.54) is 5.56 Å². The summed E-state index contributed by atoms with van der Waals surface area (Å²) in [5, 5.41) is 7.17. The van der Waals surface area contributed by atoms with Gasteiger partial charge in [0.05, 0.1) is 0 Å². The first-order valence-corrected chi connectivity index (χ1v) is 9.15. The number of aryl methyl sites for hydroxylation is 2. The molecule has 0 saturated heterocycles. The molecule has 1 amide bonds. The van der Waals surface area contributed by atoms with Crippen LogP contribution in [0.4, 0.5) is 5.69 Å². The van der Waals surface area contributed by atoms with Crippen molar-refractivity contribution in [3.63, 3.8) is 0 Å². The second-order valence-corrected chi connectivity index (χ2v) is 6.97. The van der Waals surface area contributed by atoms with Crippen LogP contribution < -0.4 is 4.90 Å². The molecule has 2 heterocycles. The zero-order valence-corrected chi connectivity index (χ0v) is 15.4. The highest BCUT2D eigenvalue weighted by molar-refractivity contribution is 7.71. The van der Waals surface area contributed by atoms with E-state index < -0.39 is 0 Å². The number of amides is 1. The lowest BCUT2D eigenvalue weighted by Gasteiger charge is -2.29. The molecule has 1 N–H and O–H groups in total. The molecule has 132 valence electrons. The van der Waals surface area contributed by atoms with Gasteiger partial charge in [-0.05, 0) is 49.7 Å². The largest absolute Gasteiger partial charge is 0.311 e. The van der Waals surface area contributed by atoms with Gasteiger partial charge in [0.1, 0.15) is 6.54 Å². The van der Waals surface area contributed by atoms with Gasteiger partial charge in [0, 0.05) is 17.8 Å². The average Bonchev–Trinajstić information content (AvgIpc) is 3.01. The number of aromatic nitrogens is 3. The molecule has 0 spiro atoms. The summed E-state index contributed by atoms with van der Waals surface area (Å²) >= 11 is 5.38. The van der Waals surface area contributed by atoms with E-state index in [0.29, 0.717) is 10.6 Å². The number of hydrogen-bond acceptors (Lipinski definition) is 3. The minimum absolute atomic E-state index is 0.0311. The van der Waals surface area contributed by atoms with Gasteiger partial charge in [-0.25, -0.2) is 0 Å². The number of hydrogen-bond donors (Lipinski definition) is 1. The summed E-state index contributed by atoms with van der Waals surface area (Å²) in [6.45, 7) is 2.94. The van der Waals surface area contributed by atoms with Crippen LogP contribution in [0.5, 0.6) is 0 Å². The highest BCUT2D eigenvalue weighted by Gasteiger charge is 2.23. The quantitative estimate of drug-likeness (QED) is 0.717. The molecule has 0 radical (unpaired) electrons. The average molecular weight is 364 g/mol. The topological polar surface area (TPSA) is 53.9 Å². The number of rotatable bonds is 3. The summed E-state index contributed by atoms with van der Waals surface area (Å²) in [6.07, 6.45) is 1.99. The van der Waals surface area contributed by atoms with Crippen LogP contribution in [0.2, 0.25) is 0 Å². The van der Waals surface area contributed by atoms with Gasteiger partial charge in [-0.1, -0.05) is 42.0 Å². The van der Waals surface area contributed by atoms with Gasteiger partial charge < -0.3 is 4.90 Å². The Balaban J connectivity index is 1.66. The van der Waals surface area contributed by atoms with E-state index in [9.17, 15) is 4.79 Å². The Morgan fingerprint density at radius 2 is 2.08 bits per heavy atom. The third-order valence-corrected chi connectivity index (χ3v) is 5.05. The number of benzene rings is 2. The molecule has 6 heteroatoms. The van der Waals surface area contributed by atoms with Gasteiger partial charge in [-0.2, -0.15) is 5.10 Å². The van der Waals surface area contributed by atoms with Gasteiger partial charge in [0.15, 0.2) is 10.6 Å². The van der Waals surface area contributed by atoms with Gasteiger partial charge in [0.2, 0.25) is 5.91 Å². The first-order valence-electron chi connectivity index (χ1n) is 8.74. The lowest BCUT2D eigenvalue weighted by Crippen LogP contribution is -2.37. The summed E-state index contributed by atoms with van der Waals surface area (Å²) < 4.78 is 2.24. The van der Waals surface area contributed by atoms with E-state index in [1.807, 2.05) is 54.3 Å². The maximum atomic E-state index is 13.0. The fraction of sp³-hybridized carbons (Fsp3) is 0.250. The predicted molar refractivity (Wildman–Crippen MR) is 105 cm³/mol. The molecular weight excluding hydrogens is 344 g/mol. The van der Waals surface area contributed by atoms with E-state index in [0.717, 1.165) is 36.2 Å². The molecular formula is C20H20N4OS. The zero-order chi connectivity index (χ0) is 18.1. The molecule has 0 atom stereocenters. The van der Waals surface area contributed by atoms with Gasteiger partial charge >= 0.3 is 0 Å². The highest BCUT2D eigenvalue weighted by atomic mass is 32.1. The third kappa shape index (κ3) is 3.08. The summed E-state index contributed by atoms with van der Waals surface area (Å²) in [5.74, 6) is 0.723. The Morgan fingerprint density at radius 3 is 2.92 bits per heavy atom. The molecule has 0 bridgehead atoms.